The molecule has 15 heavy (non-hydrogen) atoms. The minimum Gasteiger partial charge on any atom is -0.481 e. The summed E-state index contributed by atoms with van der Waals surface area (Å²) in [7, 11) is 0. The molecule has 1 saturated carbocycles. The zero-order valence-corrected chi connectivity index (χ0v) is 9.22. The quantitative estimate of drug-likeness (QED) is 0.889. The van der Waals surface area contributed by atoms with Crippen molar-refractivity contribution in [1.29, 1.82) is 0 Å². The van der Waals surface area contributed by atoms with Gasteiger partial charge in [0.2, 0.25) is 0 Å². The van der Waals surface area contributed by atoms with Gasteiger partial charge in [-0.3, -0.25) is 4.79 Å². The predicted molar refractivity (Wildman–Crippen MR) is 55.1 cm³/mol. The summed E-state index contributed by atoms with van der Waals surface area (Å²) in [5.74, 6) is -0.786. The molecular weight excluding hydrogens is 239 g/mol. The van der Waals surface area contributed by atoms with Gasteiger partial charge >= 0.3 is 5.97 Å². The molecule has 1 heterocycles. The Hall–Kier alpha value is -0.870. The lowest BCUT2D eigenvalue weighted by molar-refractivity contribution is -0.143. The highest BCUT2D eigenvalue weighted by atomic mass is 35.5. The molecule has 1 aromatic rings. The summed E-state index contributed by atoms with van der Waals surface area (Å²) in [6.45, 7) is 0. The van der Waals surface area contributed by atoms with Crippen LogP contribution in [0.3, 0.4) is 0 Å². The minimum absolute atomic E-state index is 0.229. The number of aromatic nitrogens is 2. The number of hydrogen-bond donors (Lipinski definition) is 1. The molecule has 0 radical (unpaired) electrons. The second-order valence-electron chi connectivity index (χ2n) is 3.75. The lowest BCUT2D eigenvalue weighted by atomic mass is 9.98. The van der Waals surface area contributed by atoms with Crippen molar-refractivity contribution in [3.05, 3.63) is 21.9 Å². The lowest BCUT2D eigenvalue weighted by Crippen LogP contribution is -2.18. The van der Waals surface area contributed by atoms with Gasteiger partial charge in [0, 0.05) is 0 Å². The van der Waals surface area contributed by atoms with E-state index < -0.39 is 11.4 Å². The summed E-state index contributed by atoms with van der Waals surface area (Å²) in [5.41, 5.74) is -0.00715. The van der Waals surface area contributed by atoms with Crippen LogP contribution in [0.25, 0.3) is 0 Å². The molecule has 0 atom stereocenters. The van der Waals surface area contributed by atoms with Crippen LogP contribution in [0, 0.1) is 5.41 Å². The molecule has 1 aliphatic rings. The molecule has 1 fully saturated rings. The molecule has 0 unspecified atom stereocenters. The summed E-state index contributed by atoms with van der Waals surface area (Å²) in [6, 6.07) is 1.57. The van der Waals surface area contributed by atoms with Crippen LogP contribution < -0.4 is 0 Å². The average Bonchev–Trinajstić information content (AvgIpc) is 2.92. The van der Waals surface area contributed by atoms with Gasteiger partial charge in [0.25, 0.3) is 0 Å². The predicted octanol–water partition coefficient (Wildman–Crippen LogP) is 2.19. The lowest BCUT2D eigenvalue weighted by Gasteiger charge is -2.09. The van der Waals surface area contributed by atoms with Crippen LogP contribution in [-0.4, -0.2) is 21.3 Å². The third-order valence-corrected chi connectivity index (χ3v) is 3.13. The van der Waals surface area contributed by atoms with Crippen molar-refractivity contribution in [2.75, 3.05) is 0 Å². The summed E-state index contributed by atoms with van der Waals surface area (Å²) < 4.78 is 0. The molecule has 80 valence electrons. The Morgan fingerprint density at radius 1 is 1.47 bits per heavy atom. The van der Waals surface area contributed by atoms with Gasteiger partial charge in [-0.2, -0.15) is 0 Å². The van der Waals surface area contributed by atoms with E-state index in [0.29, 0.717) is 24.8 Å². The van der Waals surface area contributed by atoms with E-state index in [2.05, 4.69) is 10.2 Å². The topological polar surface area (TPSA) is 63.1 Å². The normalized spacial score (nSPS) is 17.5. The largest absolute Gasteiger partial charge is 0.481 e. The number of halogens is 2. The molecule has 2 rings (SSSR count). The van der Waals surface area contributed by atoms with E-state index >= 15 is 0 Å². The zero-order chi connectivity index (χ0) is 11.1. The summed E-state index contributed by atoms with van der Waals surface area (Å²) in [4.78, 5) is 11.0. The molecule has 6 heteroatoms. The van der Waals surface area contributed by atoms with Crippen LogP contribution in [0.5, 0.6) is 0 Å². The van der Waals surface area contributed by atoms with Crippen LogP contribution in [0.2, 0.25) is 10.3 Å². The number of carboxylic acid groups (broad SMARTS) is 1. The van der Waals surface area contributed by atoms with Gasteiger partial charge in [0.1, 0.15) is 0 Å². The zero-order valence-electron chi connectivity index (χ0n) is 7.70. The SMILES string of the molecule is O=C(O)C1(Cc2cc(Cl)nnc2Cl)CC1. The number of hydrogen-bond acceptors (Lipinski definition) is 3. The fraction of sp³-hybridized carbons (Fsp3) is 0.444. The monoisotopic (exact) mass is 246 g/mol. The van der Waals surface area contributed by atoms with Crippen molar-refractivity contribution in [3.8, 4) is 0 Å². The van der Waals surface area contributed by atoms with E-state index in [1.807, 2.05) is 0 Å². The van der Waals surface area contributed by atoms with Crippen LogP contribution in [0.15, 0.2) is 6.07 Å². The van der Waals surface area contributed by atoms with Gasteiger partial charge in [-0.25, -0.2) is 0 Å². The Morgan fingerprint density at radius 2 is 2.13 bits per heavy atom. The first-order chi connectivity index (χ1) is 7.03. The molecule has 1 aliphatic carbocycles. The number of nitrogens with zero attached hydrogens (tertiary/aromatic N) is 2. The third-order valence-electron chi connectivity index (χ3n) is 2.63. The van der Waals surface area contributed by atoms with Gasteiger partial charge in [-0.05, 0) is 30.9 Å². The molecule has 4 nitrogen and oxygen atoms in total. The van der Waals surface area contributed by atoms with Gasteiger partial charge in [0.05, 0.1) is 5.41 Å². The highest BCUT2D eigenvalue weighted by molar-refractivity contribution is 6.31. The van der Waals surface area contributed by atoms with Crippen LogP contribution in [-0.2, 0) is 11.2 Å². The van der Waals surface area contributed by atoms with Crippen LogP contribution >= 0.6 is 23.2 Å². The first-order valence-corrected chi connectivity index (χ1v) is 5.20. The molecule has 0 bridgehead atoms. The molecule has 1 aromatic heterocycles. The molecule has 0 saturated heterocycles. The fourth-order valence-electron chi connectivity index (χ4n) is 1.49. The van der Waals surface area contributed by atoms with E-state index in [9.17, 15) is 4.79 Å². The van der Waals surface area contributed by atoms with Crippen molar-refractivity contribution in [3.63, 3.8) is 0 Å². The highest BCUT2D eigenvalue weighted by Gasteiger charge is 2.50. The summed E-state index contributed by atoms with van der Waals surface area (Å²) >= 11 is 11.5. The van der Waals surface area contributed by atoms with E-state index in [1.54, 1.807) is 6.07 Å². The third kappa shape index (κ3) is 2.06. The van der Waals surface area contributed by atoms with Gasteiger partial charge in [-0.1, -0.05) is 23.2 Å². The number of carbonyl (C=O) groups is 1. The van der Waals surface area contributed by atoms with Crippen LogP contribution in [0.1, 0.15) is 18.4 Å². The van der Waals surface area contributed by atoms with Crippen molar-refractivity contribution in [1.82, 2.24) is 10.2 Å². The molecule has 0 aliphatic heterocycles. The number of carboxylic acids is 1. The van der Waals surface area contributed by atoms with Gasteiger partial charge in [-0.15, -0.1) is 10.2 Å². The van der Waals surface area contributed by atoms with E-state index in [1.165, 1.54) is 0 Å². The molecule has 0 amide bonds. The average molecular weight is 247 g/mol. The first kappa shape index (κ1) is 10.6. The van der Waals surface area contributed by atoms with Crippen molar-refractivity contribution in [2.45, 2.75) is 19.3 Å². The first-order valence-electron chi connectivity index (χ1n) is 4.44. The Balaban J connectivity index is 2.24. The smallest absolute Gasteiger partial charge is 0.309 e. The Labute approximate surface area is 96.2 Å². The van der Waals surface area contributed by atoms with Crippen molar-refractivity contribution in [2.24, 2.45) is 5.41 Å². The maximum absolute atomic E-state index is 11.0. The highest BCUT2D eigenvalue weighted by Crippen LogP contribution is 2.49. The van der Waals surface area contributed by atoms with Crippen molar-refractivity contribution >= 4 is 29.2 Å². The number of aliphatic carboxylic acids is 1. The second-order valence-corrected chi connectivity index (χ2v) is 4.49. The molecule has 1 N–H and O–H groups in total. The number of rotatable bonds is 3. The minimum atomic E-state index is -0.786. The summed E-state index contributed by atoms with van der Waals surface area (Å²) in [5, 5.41) is 16.7. The Morgan fingerprint density at radius 3 is 2.67 bits per heavy atom. The summed E-state index contributed by atoms with van der Waals surface area (Å²) in [6.07, 6.45) is 1.73. The Kier molecular flexibility index (Phi) is 2.56. The fourth-order valence-corrected chi connectivity index (χ4v) is 1.82. The second kappa shape index (κ2) is 3.61. The standard InChI is InChI=1S/C9H8Cl2N2O2/c10-6-3-5(7(11)13-12-6)4-9(1-2-9)8(14)15/h3H,1-2,4H2,(H,14,15). The maximum Gasteiger partial charge on any atom is 0.309 e. The maximum atomic E-state index is 11.0. The molecule has 0 spiro atoms. The van der Waals surface area contributed by atoms with E-state index in [4.69, 9.17) is 28.3 Å². The molecule has 0 aromatic carbocycles. The Bertz CT molecular complexity index is 419. The van der Waals surface area contributed by atoms with Gasteiger partial charge < -0.3 is 5.11 Å². The molecular formula is C9H8Cl2N2O2. The van der Waals surface area contributed by atoms with Crippen molar-refractivity contribution < 1.29 is 9.90 Å². The van der Waals surface area contributed by atoms with E-state index in [-0.39, 0.29) is 10.3 Å². The van der Waals surface area contributed by atoms with E-state index in [0.717, 1.165) is 0 Å². The van der Waals surface area contributed by atoms with Crippen LogP contribution in [0.4, 0.5) is 0 Å². The van der Waals surface area contributed by atoms with Gasteiger partial charge in [0.15, 0.2) is 10.3 Å².